The lowest BCUT2D eigenvalue weighted by Crippen LogP contribution is -2.23. The Morgan fingerprint density at radius 3 is 3.08 bits per heavy atom. The number of methoxy groups -OCH3 is 1. The van der Waals surface area contributed by atoms with E-state index in [2.05, 4.69) is 15.3 Å². The minimum Gasteiger partial charge on any atom is -0.494 e. The third-order valence-electron chi connectivity index (χ3n) is 3.88. The van der Waals surface area contributed by atoms with Crippen molar-refractivity contribution in [1.29, 1.82) is 0 Å². The number of nitrogens with zero attached hydrogens (tertiary/aromatic N) is 3. The number of rotatable bonds is 5. The smallest absolute Gasteiger partial charge is 0.262 e. The van der Waals surface area contributed by atoms with E-state index in [9.17, 15) is 9.59 Å². The average molecular weight is 386 g/mol. The standard InChI is InChI=1S/C17H14N4O3S2/c1-24-11-3-2-4-12-14(11)20-17(26-12)19-13(22)5-7-21-9-18-15-10(16(21)23)6-8-25-15/h2-4,6,8-9H,5,7H2,1H3,(H,19,20,22). The van der Waals surface area contributed by atoms with Crippen LogP contribution in [0.4, 0.5) is 5.13 Å². The van der Waals surface area contributed by atoms with Crippen LogP contribution in [-0.2, 0) is 11.3 Å². The van der Waals surface area contributed by atoms with Gasteiger partial charge in [0.25, 0.3) is 5.56 Å². The van der Waals surface area contributed by atoms with E-state index in [0.717, 1.165) is 10.2 Å². The van der Waals surface area contributed by atoms with E-state index in [1.807, 2.05) is 23.6 Å². The summed E-state index contributed by atoms with van der Waals surface area (Å²) >= 11 is 2.80. The van der Waals surface area contributed by atoms with Crippen LogP contribution in [0, 0.1) is 0 Å². The zero-order valence-corrected chi connectivity index (χ0v) is 15.4. The number of hydrogen-bond acceptors (Lipinski definition) is 7. The van der Waals surface area contributed by atoms with Crippen LogP contribution < -0.4 is 15.6 Å². The third kappa shape index (κ3) is 3.06. The number of nitrogens with one attached hydrogen (secondary N) is 1. The SMILES string of the molecule is COc1cccc2sc(NC(=O)CCn3cnc4sccc4c3=O)nc12. The molecule has 0 saturated heterocycles. The second kappa shape index (κ2) is 6.85. The molecule has 3 aromatic heterocycles. The molecule has 0 aliphatic heterocycles. The Morgan fingerprint density at radius 1 is 1.35 bits per heavy atom. The van der Waals surface area contributed by atoms with Crippen molar-refractivity contribution < 1.29 is 9.53 Å². The van der Waals surface area contributed by atoms with Gasteiger partial charge in [0.15, 0.2) is 5.13 Å². The maximum absolute atomic E-state index is 12.3. The average Bonchev–Trinajstić information content (AvgIpc) is 3.27. The van der Waals surface area contributed by atoms with Crippen LogP contribution in [-0.4, -0.2) is 27.6 Å². The Balaban J connectivity index is 1.47. The van der Waals surface area contributed by atoms with E-state index in [-0.39, 0.29) is 24.4 Å². The summed E-state index contributed by atoms with van der Waals surface area (Å²) in [4.78, 5) is 33.9. The molecule has 26 heavy (non-hydrogen) atoms. The first-order valence-electron chi connectivity index (χ1n) is 7.82. The first-order chi connectivity index (χ1) is 12.7. The quantitative estimate of drug-likeness (QED) is 0.570. The van der Waals surface area contributed by atoms with Crippen LogP contribution >= 0.6 is 22.7 Å². The lowest BCUT2D eigenvalue weighted by molar-refractivity contribution is -0.116. The number of hydrogen-bond donors (Lipinski definition) is 1. The van der Waals surface area contributed by atoms with Gasteiger partial charge in [-0.15, -0.1) is 11.3 Å². The lowest BCUT2D eigenvalue weighted by atomic mass is 10.3. The normalized spacial score (nSPS) is 11.1. The van der Waals surface area contributed by atoms with Gasteiger partial charge >= 0.3 is 0 Å². The highest BCUT2D eigenvalue weighted by Crippen LogP contribution is 2.32. The molecule has 1 N–H and O–H groups in total. The Kier molecular flexibility index (Phi) is 4.39. The number of ether oxygens (including phenoxy) is 1. The largest absolute Gasteiger partial charge is 0.494 e. The van der Waals surface area contributed by atoms with Gasteiger partial charge in [0.05, 0.1) is 23.5 Å². The summed E-state index contributed by atoms with van der Waals surface area (Å²) in [6.45, 7) is 0.262. The fraction of sp³-hybridized carbons (Fsp3) is 0.176. The molecule has 1 amide bonds. The van der Waals surface area contributed by atoms with Gasteiger partial charge in [-0.1, -0.05) is 17.4 Å². The summed E-state index contributed by atoms with van der Waals surface area (Å²) in [5, 5.41) is 5.70. The highest BCUT2D eigenvalue weighted by molar-refractivity contribution is 7.22. The number of thiazole rings is 1. The topological polar surface area (TPSA) is 86.1 Å². The molecule has 1 aromatic carbocycles. The van der Waals surface area contributed by atoms with E-state index in [4.69, 9.17) is 4.74 Å². The molecule has 3 heterocycles. The minimum absolute atomic E-state index is 0.131. The van der Waals surface area contributed by atoms with Crippen molar-refractivity contribution in [2.45, 2.75) is 13.0 Å². The maximum atomic E-state index is 12.3. The second-order valence-corrected chi connectivity index (χ2v) is 7.43. The summed E-state index contributed by atoms with van der Waals surface area (Å²) in [7, 11) is 1.59. The second-order valence-electron chi connectivity index (χ2n) is 5.51. The zero-order valence-electron chi connectivity index (χ0n) is 13.8. The number of amides is 1. The summed E-state index contributed by atoms with van der Waals surface area (Å²) < 4.78 is 7.67. The van der Waals surface area contributed by atoms with Gasteiger partial charge in [0.1, 0.15) is 16.1 Å². The molecule has 132 valence electrons. The highest BCUT2D eigenvalue weighted by atomic mass is 32.1. The number of carbonyl (C=O) groups is 1. The molecule has 9 heteroatoms. The van der Waals surface area contributed by atoms with E-state index >= 15 is 0 Å². The summed E-state index contributed by atoms with van der Waals surface area (Å²) in [5.41, 5.74) is 0.590. The number of thiophene rings is 1. The molecule has 0 aliphatic rings. The Labute approximate surface area is 155 Å². The summed E-state index contributed by atoms with van der Waals surface area (Å²) in [5.74, 6) is 0.460. The Morgan fingerprint density at radius 2 is 2.23 bits per heavy atom. The lowest BCUT2D eigenvalue weighted by Gasteiger charge is -2.05. The van der Waals surface area contributed by atoms with Crippen molar-refractivity contribution in [1.82, 2.24) is 14.5 Å². The van der Waals surface area contributed by atoms with E-state index in [1.165, 1.54) is 33.6 Å². The van der Waals surface area contributed by atoms with Crippen molar-refractivity contribution in [3.63, 3.8) is 0 Å². The first kappa shape index (κ1) is 16.7. The van der Waals surface area contributed by atoms with E-state index < -0.39 is 0 Å². The van der Waals surface area contributed by atoms with Gasteiger partial charge in [-0.05, 0) is 23.6 Å². The van der Waals surface area contributed by atoms with E-state index in [1.54, 1.807) is 13.2 Å². The van der Waals surface area contributed by atoms with Crippen molar-refractivity contribution in [2.75, 3.05) is 12.4 Å². The molecule has 0 atom stereocenters. The van der Waals surface area contributed by atoms with Crippen LogP contribution in [0.15, 0.2) is 40.8 Å². The number of carbonyl (C=O) groups excluding carboxylic acids is 1. The zero-order chi connectivity index (χ0) is 18.1. The van der Waals surface area contributed by atoms with Gasteiger partial charge < -0.3 is 10.1 Å². The number of aromatic nitrogens is 3. The maximum Gasteiger partial charge on any atom is 0.262 e. The Hall–Kier alpha value is -2.78. The molecule has 4 rings (SSSR count). The van der Waals surface area contributed by atoms with Crippen LogP contribution in [0.5, 0.6) is 5.75 Å². The fourth-order valence-electron chi connectivity index (χ4n) is 2.60. The predicted octanol–water partition coefficient (Wildman–Crippen LogP) is 3.11. The summed E-state index contributed by atoms with van der Waals surface area (Å²) in [6.07, 6.45) is 1.64. The molecule has 4 aromatic rings. The molecule has 0 aliphatic carbocycles. The van der Waals surface area contributed by atoms with Gasteiger partial charge in [-0.3, -0.25) is 14.2 Å². The number of aryl methyl sites for hydroxylation is 1. The molecule has 0 saturated carbocycles. The number of anilines is 1. The molecule has 0 radical (unpaired) electrons. The summed E-state index contributed by atoms with van der Waals surface area (Å²) in [6, 6.07) is 7.38. The minimum atomic E-state index is -0.208. The molecule has 7 nitrogen and oxygen atoms in total. The highest BCUT2D eigenvalue weighted by Gasteiger charge is 2.12. The molecular weight excluding hydrogens is 372 g/mol. The van der Waals surface area contributed by atoms with Gasteiger partial charge in [-0.2, -0.15) is 0 Å². The fourth-order valence-corrected chi connectivity index (χ4v) is 4.22. The third-order valence-corrected chi connectivity index (χ3v) is 5.64. The van der Waals surface area contributed by atoms with E-state index in [0.29, 0.717) is 21.1 Å². The number of para-hydroxylation sites is 1. The van der Waals surface area contributed by atoms with Crippen LogP contribution in [0.1, 0.15) is 6.42 Å². The molecule has 0 bridgehead atoms. The molecular formula is C17H14N4O3S2. The first-order valence-corrected chi connectivity index (χ1v) is 9.51. The molecule has 0 unspecified atom stereocenters. The number of benzene rings is 1. The number of fused-ring (bicyclic) bond motifs is 2. The van der Waals surface area contributed by atoms with Gasteiger partial charge in [-0.25, -0.2) is 9.97 Å². The van der Waals surface area contributed by atoms with Crippen molar-refractivity contribution in [3.05, 3.63) is 46.3 Å². The van der Waals surface area contributed by atoms with Crippen LogP contribution in [0.25, 0.3) is 20.4 Å². The van der Waals surface area contributed by atoms with Crippen molar-refractivity contribution in [3.8, 4) is 5.75 Å². The van der Waals surface area contributed by atoms with Crippen molar-refractivity contribution in [2.24, 2.45) is 0 Å². The molecule has 0 fully saturated rings. The van der Waals surface area contributed by atoms with Crippen LogP contribution in [0.2, 0.25) is 0 Å². The van der Waals surface area contributed by atoms with Gasteiger partial charge in [0.2, 0.25) is 5.91 Å². The monoisotopic (exact) mass is 386 g/mol. The molecule has 0 spiro atoms. The Bertz CT molecular complexity index is 1160. The van der Waals surface area contributed by atoms with Gasteiger partial charge in [0, 0.05) is 13.0 Å². The van der Waals surface area contributed by atoms with Crippen LogP contribution in [0.3, 0.4) is 0 Å². The predicted molar refractivity (Wildman–Crippen MR) is 103 cm³/mol. The van der Waals surface area contributed by atoms with Crippen molar-refractivity contribution >= 4 is 54.1 Å².